The van der Waals surface area contributed by atoms with Gasteiger partial charge in [-0.15, -0.1) is 0 Å². The number of anilines is 1. The second-order valence-corrected chi connectivity index (χ2v) is 4.34. The second kappa shape index (κ2) is 8.72. The van der Waals surface area contributed by atoms with Gasteiger partial charge in [0, 0.05) is 11.6 Å². The van der Waals surface area contributed by atoms with Crippen LogP contribution in [0.25, 0.3) is 0 Å². The number of nitrogens with one attached hydrogen (secondary N) is 1. The van der Waals surface area contributed by atoms with Gasteiger partial charge in [-0.2, -0.15) is 0 Å². The number of hydrogen-bond acceptors (Lipinski definition) is 3. The minimum atomic E-state index is -0.185. The highest BCUT2D eigenvalue weighted by molar-refractivity contribution is 6.05. The van der Waals surface area contributed by atoms with Gasteiger partial charge in [-0.3, -0.25) is 4.79 Å². The molecular weight excluding hydrogens is 278 g/mol. The molecule has 118 valence electrons. The van der Waals surface area contributed by atoms with Crippen LogP contribution in [0.15, 0.2) is 42.5 Å². The van der Waals surface area contributed by atoms with Crippen molar-refractivity contribution in [3.05, 3.63) is 53.6 Å². The van der Waals surface area contributed by atoms with Crippen LogP contribution >= 0.6 is 0 Å². The van der Waals surface area contributed by atoms with Crippen molar-refractivity contribution in [3.8, 4) is 11.5 Å². The van der Waals surface area contributed by atoms with Gasteiger partial charge < -0.3 is 14.8 Å². The van der Waals surface area contributed by atoms with Gasteiger partial charge in [-0.1, -0.05) is 32.0 Å². The molecule has 2 rings (SSSR count). The fourth-order valence-corrected chi connectivity index (χ4v) is 1.93. The highest BCUT2D eigenvalue weighted by atomic mass is 16.5. The largest absolute Gasteiger partial charge is 0.496 e. The van der Waals surface area contributed by atoms with Gasteiger partial charge in [-0.25, -0.2) is 0 Å². The summed E-state index contributed by atoms with van der Waals surface area (Å²) in [6.07, 6.45) is 0. The van der Waals surface area contributed by atoms with E-state index in [0.29, 0.717) is 22.7 Å². The molecule has 0 atom stereocenters. The van der Waals surface area contributed by atoms with E-state index in [-0.39, 0.29) is 5.91 Å². The summed E-state index contributed by atoms with van der Waals surface area (Å²) < 4.78 is 10.6. The Morgan fingerprint density at radius 2 is 1.55 bits per heavy atom. The highest BCUT2D eigenvalue weighted by Gasteiger charge is 2.12. The summed E-state index contributed by atoms with van der Waals surface area (Å²) in [5, 5.41) is 2.84. The first kappa shape index (κ1) is 17.6. The third-order valence-corrected chi connectivity index (χ3v) is 3.00. The number of benzene rings is 2. The number of ether oxygens (including phenoxy) is 2. The van der Waals surface area contributed by atoms with Gasteiger partial charge in [0.15, 0.2) is 0 Å². The van der Waals surface area contributed by atoms with Gasteiger partial charge >= 0.3 is 0 Å². The van der Waals surface area contributed by atoms with Crippen molar-refractivity contribution >= 4 is 11.6 Å². The van der Waals surface area contributed by atoms with E-state index in [1.165, 1.54) is 0 Å². The van der Waals surface area contributed by atoms with Crippen molar-refractivity contribution in [2.45, 2.75) is 20.8 Å². The van der Waals surface area contributed by atoms with Crippen LogP contribution in [0.1, 0.15) is 29.8 Å². The minimum Gasteiger partial charge on any atom is -0.496 e. The molecule has 0 radical (unpaired) electrons. The molecule has 0 saturated carbocycles. The molecule has 0 aliphatic rings. The number of amides is 1. The molecule has 1 amide bonds. The topological polar surface area (TPSA) is 47.6 Å². The molecular formula is C18H23NO3. The lowest BCUT2D eigenvalue weighted by atomic mass is 10.1. The summed E-state index contributed by atoms with van der Waals surface area (Å²) in [5.41, 5.74) is 2.12. The molecule has 22 heavy (non-hydrogen) atoms. The Bertz CT molecular complexity index is 609. The predicted octanol–water partition coefficient (Wildman–Crippen LogP) is 4.29. The van der Waals surface area contributed by atoms with Crippen LogP contribution in [-0.4, -0.2) is 20.1 Å². The molecule has 1 N–H and O–H groups in total. The third-order valence-electron chi connectivity index (χ3n) is 3.00. The first-order chi connectivity index (χ1) is 10.7. The van der Waals surface area contributed by atoms with Gasteiger partial charge in [0.25, 0.3) is 5.91 Å². The predicted molar refractivity (Wildman–Crippen MR) is 90.0 cm³/mol. The summed E-state index contributed by atoms with van der Waals surface area (Å²) in [4.78, 5) is 12.2. The summed E-state index contributed by atoms with van der Waals surface area (Å²) in [7, 11) is 3.16. The molecule has 0 spiro atoms. The lowest BCUT2D eigenvalue weighted by Gasteiger charge is -2.14. The van der Waals surface area contributed by atoms with Crippen LogP contribution in [0.3, 0.4) is 0 Å². The Balaban J connectivity index is 0.00000116. The van der Waals surface area contributed by atoms with Crippen molar-refractivity contribution in [3.63, 3.8) is 0 Å². The van der Waals surface area contributed by atoms with Gasteiger partial charge in [0.2, 0.25) is 0 Å². The first-order valence-electron chi connectivity index (χ1n) is 7.24. The number of aryl methyl sites for hydroxylation is 1. The molecule has 0 aliphatic carbocycles. The van der Waals surface area contributed by atoms with Crippen molar-refractivity contribution in [1.29, 1.82) is 0 Å². The van der Waals surface area contributed by atoms with Gasteiger partial charge in [-0.05, 0) is 30.7 Å². The molecule has 2 aromatic rings. The van der Waals surface area contributed by atoms with Crippen LogP contribution in [0.5, 0.6) is 11.5 Å². The monoisotopic (exact) mass is 301 g/mol. The van der Waals surface area contributed by atoms with Crippen LogP contribution in [0, 0.1) is 6.92 Å². The number of methoxy groups -OCH3 is 2. The molecule has 0 unspecified atom stereocenters. The first-order valence-corrected chi connectivity index (χ1v) is 7.24. The average molecular weight is 301 g/mol. The lowest BCUT2D eigenvalue weighted by molar-refractivity contribution is 0.102. The molecule has 0 heterocycles. The molecule has 0 aliphatic heterocycles. The summed E-state index contributed by atoms with van der Waals surface area (Å²) >= 11 is 0. The molecule has 2 aromatic carbocycles. The maximum atomic E-state index is 12.2. The minimum absolute atomic E-state index is 0.185. The third kappa shape index (κ3) is 4.25. The van der Waals surface area contributed by atoms with Crippen LogP contribution in [-0.2, 0) is 0 Å². The van der Waals surface area contributed by atoms with Crippen molar-refractivity contribution < 1.29 is 14.3 Å². The zero-order chi connectivity index (χ0) is 16.5. The normalized spacial score (nSPS) is 9.32. The van der Waals surface area contributed by atoms with Crippen molar-refractivity contribution in [1.82, 2.24) is 0 Å². The van der Waals surface area contributed by atoms with E-state index in [4.69, 9.17) is 9.47 Å². The van der Waals surface area contributed by atoms with Crippen LogP contribution < -0.4 is 14.8 Å². The molecule has 0 aromatic heterocycles. The lowest BCUT2D eigenvalue weighted by Crippen LogP contribution is -2.12. The quantitative estimate of drug-likeness (QED) is 0.916. The zero-order valence-corrected chi connectivity index (χ0v) is 13.8. The van der Waals surface area contributed by atoms with E-state index in [0.717, 1.165) is 5.56 Å². The molecule has 0 saturated heterocycles. The number of carbonyl (C=O) groups is 1. The molecule has 0 bridgehead atoms. The van der Waals surface area contributed by atoms with Gasteiger partial charge in [0.05, 0.1) is 19.9 Å². The standard InChI is InChI=1S/C16H17NO3.C2H6/c1-11-9-15(20-3)13(10-14(11)19-2)17-16(18)12-7-5-4-6-8-12;1-2/h4-10H,1-3H3,(H,17,18);1-2H3. The Labute approximate surface area is 132 Å². The molecule has 4 nitrogen and oxygen atoms in total. The zero-order valence-electron chi connectivity index (χ0n) is 13.8. The molecule has 4 heteroatoms. The Kier molecular flexibility index (Phi) is 6.96. The van der Waals surface area contributed by atoms with E-state index in [1.54, 1.807) is 32.4 Å². The number of carbonyl (C=O) groups excluding carboxylic acids is 1. The highest BCUT2D eigenvalue weighted by Crippen LogP contribution is 2.32. The number of rotatable bonds is 4. The van der Waals surface area contributed by atoms with E-state index in [2.05, 4.69) is 5.32 Å². The SMILES string of the molecule is CC.COc1cc(NC(=O)c2ccccc2)c(OC)cc1C. The number of hydrogen-bond donors (Lipinski definition) is 1. The average Bonchev–Trinajstić information content (AvgIpc) is 2.58. The summed E-state index contributed by atoms with van der Waals surface area (Å²) in [6.45, 7) is 5.92. The fraction of sp³-hybridized carbons (Fsp3) is 0.278. The fourth-order valence-electron chi connectivity index (χ4n) is 1.93. The van der Waals surface area contributed by atoms with E-state index < -0.39 is 0 Å². The van der Waals surface area contributed by atoms with Crippen LogP contribution in [0.4, 0.5) is 5.69 Å². The summed E-state index contributed by atoms with van der Waals surface area (Å²) in [6, 6.07) is 12.6. The van der Waals surface area contributed by atoms with E-state index in [9.17, 15) is 4.79 Å². The van der Waals surface area contributed by atoms with Crippen LogP contribution in [0.2, 0.25) is 0 Å². The van der Waals surface area contributed by atoms with Crippen molar-refractivity contribution in [2.75, 3.05) is 19.5 Å². The van der Waals surface area contributed by atoms with Gasteiger partial charge in [0.1, 0.15) is 11.5 Å². The Morgan fingerprint density at radius 1 is 0.955 bits per heavy atom. The summed E-state index contributed by atoms with van der Waals surface area (Å²) in [5.74, 6) is 1.12. The van der Waals surface area contributed by atoms with E-state index >= 15 is 0 Å². The Hall–Kier alpha value is -2.49. The maximum absolute atomic E-state index is 12.2. The van der Waals surface area contributed by atoms with E-state index in [1.807, 2.05) is 45.0 Å². The maximum Gasteiger partial charge on any atom is 0.255 e. The molecule has 0 fully saturated rings. The Morgan fingerprint density at radius 3 is 2.09 bits per heavy atom. The smallest absolute Gasteiger partial charge is 0.255 e. The van der Waals surface area contributed by atoms with Crippen molar-refractivity contribution in [2.24, 2.45) is 0 Å². The second-order valence-electron chi connectivity index (χ2n) is 4.34.